The molecule has 0 atom stereocenters. The molecule has 0 saturated heterocycles. The first kappa shape index (κ1) is 8.82. The molecular weight excluding hydrogens is 170 g/mol. The second-order valence-electron chi connectivity index (χ2n) is 3.50. The van der Waals surface area contributed by atoms with Crippen molar-refractivity contribution in [2.75, 3.05) is 0 Å². The fourth-order valence-electron chi connectivity index (χ4n) is 1.80. The molecule has 1 nitrogen and oxygen atoms in total. The number of fused-ring (bicyclic) bond motifs is 1. The Morgan fingerprint density at radius 3 is 2.43 bits per heavy atom. The van der Waals surface area contributed by atoms with Crippen molar-refractivity contribution in [2.24, 2.45) is 5.73 Å². The van der Waals surface area contributed by atoms with Crippen LogP contribution in [0.25, 0.3) is 16.5 Å². The van der Waals surface area contributed by atoms with E-state index in [2.05, 4.69) is 37.8 Å². The van der Waals surface area contributed by atoms with Gasteiger partial charge in [-0.25, -0.2) is 0 Å². The Morgan fingerprint density at radius 1 is 1.14 bits per heavy atom. The molecule has 0 heterocycles. The molecule has 0 aliphatic rings. The highest BCUT2D eigenvalue weighted by atomic mass is 14.6. The monoisotopic (exact) mass is 183 g/mol. The Balaban J connectivity index is 2.91. The zero-order chi connectivity index (χ0) is 10.1. The summed E-state index contributed by atoms with van der Waals surface area (Å²) < 4.78 is 0. The quantitative estimate of drug-likeness (QED) is 0.722. The van der Waals surface area contributed by atoms with Gasteiger partial charge in [-0.3, -0.25) is 0 Å². The summed E-state index contributed by atoms with van der Waals surface area (Å²) in [7, 11) is 0. The third-order valence-corrected chi connectivity index (χ3v) is 2.46. The zero-order valence-electron chi connectivity index (χ0n) is 8.25. The van der Waals surface area contributed by atoms with Gasteiger partial charge in [-0.05, 0) is 23.3 Å². The molecular formula is C13H13N. The summed E-state index contributed by atoms with van der Waals surface area (Å²) in [6.45, 7) is 5.89. The molecule has 0 bridgehead atoms. The number of hydrogen-bond donors (Lipinski definition) is 1. The minimum atomic E-state index is 0.630. The fourth-order valence-corrected chi connectivity index (χ4v) is 1.80. The molecule has 2 rings (SSSR count). The molecule has 1 heteroatoms. The van der Waals surface area contributed by atoms with Crippen LogP contribution in [-0.2, 0) is 0 Å². The minimum Gasteiger partial charge on any atom is -0.399 e. The predicted octanol–water partition coefficient (Wildman–Crippen LogP) is 3.08. The number of aryl methyl sites for hydroxylation is 1. The number of nitrogens with two attached hydrogens (primary N) is 1. The Kier molecular flexibility index (Phi) is 2.01. The summed E-state index contributed by atoms with van der Waals surface area (Å²) in [4.78, 5) is 0. The van der Waals surface area contributed by atoms with E-state index in [1.54, 1.807) is 0 Å². The van der Waals surface area contributed by atoms with Crippen LogP contribution in [0.2, 0.25) is 0 Å². The largest absolute Gasteiger partial charge is 0.399 e. The smallest absolute Gasteiger partial charge is 0.0320 e. The second-order valence-corrected chi connectivity index (χ2v) is 3.50. The third-order valence-electron chi connectivity index (χ3n) is 2.46. The van der Waals surface area contributed by atoms with Crippen LogP contribution >= 0.6 is 0 Å². The van der Waals surface area contributed by atoms with Crippen LogP contribution in [-0.4, -0.2) is 0 Å². The minimum absolute atomic E-state index is 0.630. The van der Waals surface area contributed by atoms with Crippen molar-refractivity contribution in [1.29, 1.82) is 0 Å². The van der Waals surface area contributed by atoms with E-state index in [4.69, 9.17) is 5.73 Å². The van der Waals surface area contributed by atoms with Crippen LogP contribution in [0, 0.1) is 6.92 Å². The molecule has 2 aromatic carbocycles. The number of hydrogen-bond acceptors (Lipinski definition) is 1. The van der Waals surface area contributed by atoms with Gasteiger partial charge in [-0.2, -0.15) is 0 Å². The highest BCUT2D eigenvalue weighted by Gasteiger charge is 2.03. The summed E-state index contributed by atoms with van der Waals surface area (Å²) in [5.74, 6) is 0. The van der Waals surface area contributed by atoms with Crippen LogP contribution in [0.5, 0.6) is 0 Å². The molecule has 0 fully saturated rings. The van der Waals surface area contributed by atoms with Gasteiger partial charge in [0.2, 0.25) is 0 Å². The van der Waals surface area contributed by atoms with E-state index in [0.717, 1.165) is 5.56 Å². The lowest BCUT2D eigenvalue weighted by molar-refractivity contribution is 1.49. The predicted molar refractivity (Wildman–Crippen MR) is 61.9 cm³/mol. The first-order chi connectivity index (χ1) is 6.70. The molecule has 2 aromatic rings. The van der Waals surface area contributed by atoms with Crippen molar-refractivity contribution >= 4 is 16.5 Å². The molecule has 0 aromatic heterocycles. The van der Waals surface area contributed by atoms with Gasteiger partial charge < -0.3 is 5.73 Å². The van der Waals surface area contributed by atoms with Crippen molar-refractivity contribution in [3.63, 3.8) is 0 Å². The maximum Gasteiger partial charge on any atom is 0.0320 e. The van der Waals surface area contributed by atoms with Gasteiger partial charge in [-0.1, -0.05) is 43.0 Å². The third kappa shape index (κ3) is 1.27. The fraction of sp³-hybridized carbons (Fsp3) is 0.0769. The van der Waals surface area contributed by atoms with Crippen molar-refractivity contribution in [3.05, 3.63) is 54.1 Å². The molecule has 14 heavy (non-hydrogen) atoms. The summed E-state index contributed by atoms with van der Waals surface area (Å²) in [5.41, 5.74) is 8.67. The molecule has 0 spiro atoms. The number of rotatable bonds is 1. The van der Waals surface area contributed by atoms with Gasteiger partial charge in [0, 0.05) is 11.3 Å². The van der Waals surface area contributed by atoms with Crippen LogP contribution in [0.1, 0.15) is 11.1 Å². The zero-order valence-corrected chi connectivity index (χ0v) is 8.25. The topological polar surface area (TPSA) is 26.0 Å². The van der Waals surface area contributed by atoms with Crippen LogP contribution < -0.4 is 5.73 Å². The van der Waals surface area contributed by atoms with E-state index in [1.807, 2.05) is 12.1 Å². The molecule has 0 aliphatic carbocycles. The van der Waals surface area contributed by atoms with Crippen LogP contribution in [0.4, 0.5) is 0 Å². The Hall–Kier alpha value is -1.76. The standard InChI is InChI=1S/C13H13N/c1-9-5-3-6-11-7-4-8-12(10(2)14)13(9)11/h3-8H,2,14H2,1H3. The van der Waals surface area contributed by atoms with Gasteiger partial charge in [0.05, 0.1) is 0 Å². The van der Waals surface area contributed by atoms with Crippen molar-refractivity contribution in [3.8, 4) is 0 Å². The SMILES string of the molecule is C=C(N)c1cccc2cccc(C)c12. The van der Waals surface area contributed by atoms with E-state index < -0.39 is 0 Å². The maximum absolute atomic E-state index is 5.75. The van der Waals surface area contributed by atoms with Gasteiger partial charge in [0.25, 0.3) is 0 Å². The number of benzene rings is 2. The highest BCUT2D eigenvalue weighted by molar-refractivity contribution is 5.95. The van der Waals surface area contributed by atoms with E-state index in [9.17, 15) is 0 Å². The Morgan fingerprint density at radius 2 is 1.79 bits per heavy atom. The van der Waals surface area contributed by atoms with Gasteiger partial charge in [-0.15, -0.1) is 0 Å². The second kappa shape index (κ2) is 3.18. The molecule has 0 amide bonds. The van der Waals surface area contributed by atoms with E-state index in [0.29, 0.717) is 5.70 Å². The lowest BCUT2D eigenvalue weighted by Crippen LogP contribution is -1.95. The first-order valence-electron chi connectivity index (χ1n) is 4.63. The van der Waals surface area contributed by atoms with Crippen molar-refractivity contribution < 1.29 is 0 Å². The average molecular weight is 183 g/mol. The maximum atomic E-state index is 5.75. The average Bonchev–Trinajstić information content (AvgIpc) is 2.17. The Bertz CT molecular complexity index is 492. The molecule has 0 aliphatic heterocycles. The van der Waals surface area contributed by atoms with E-state index in [-0.39, 0.29) is 0 Å². The van der Waals surface area contributed by atoms with E-state index in [1.165, 1.54) is 16.3 Å². The van der Waals surface area contributed by atoms with Crippen molar-refractivity contribution in [1.82, 2.24) is 0 Å². The van der Waals surface area contributed by atoms with Gasteiger partial charge in [0.15, 0.2) is 0 Å². The van der Waals surface area contributed by atoms with Gasteiger partial charge in [0.1, 0.15) is 0 Å². The lowest BCUT2D eigenvalue weighted by atomic mass is 9.99. The van der Waals surface area contributed by atoms with Crippen molar-refractivity contribution in [2.45, 2.75) is 6.92 Å². The first-order valence-corrected chi connectivity index (χ1v) is 4.63. The van der Waals surface area contributed by atoms with E-state index >= 15 is 0 Å². The normalized spacial score (nSPS) is 10.4. The molecule has 0 unspecified atom stereocenters. The summed E-state index contributed by atoms with van der Waals surface area (Å²) in [6.07, 6.45) is 0. The Labute approximate surface area is 83.9 Å². The summed E-state index contributed by atoms with van der Waals surface area (Å²) >= 11 is 0. The van der Waals surface area contributed by atoms with Crippen LogP contribution in [0.15, 0.2) is 43.0 Å². The molecule has 70 valence electrons. The highest BCUT2D eigenvalue weighted by Crippen LogP contribution is 2.24. The molecule has 2 N–H and O–H groups in total. The summed E-state index contributed by atoms with van der Waals surface area (Å²) in [5, 5.41) is 2.43. The molecule has 0 radical (unpaired) electrons. The molecule has 0 saturated carbocycles. The lowest BCUT2D eigenvalue weighted by Gasteiger charge is -2.08. The van der Waals surface area contributed by atoms with Crippen LogP contribution in [0.3, 0.4) is 0 Å². The summed E-state index contributed by atoms with van der Waals surface area (Å²) in [6, 6.07) is 12.4. The van der Waals surface area contributed by atoms with Gasteiger partial charge >= 0.3 is 0 Å².